The Kier molecular flexibility index (Phi) is 5.01. The van der Waals surface area contributed by atoms with Crippen molar-refractivity contribution < 1.29 is 0 Å². The number of benzene rings is 1. The van der Waals surface area contributed by atoms with E-state index in [4.69, 9.17) is 11.1 Å². The maximum Gasteiger partial charge on any atom is 0.137 e. The van der Waals surface area contributed by atoms with E-state index in [1.54, 1.807) is 6.33 Å². The molecule has 2 saturated carbocycles. The second-order valence-corrected chi connectivity index (χ2v) is 9.58. The molecule has 160 valence electrons. The highest BCUT2D eigenvalue weighted by Gasteiger charge is 2.44. The fourth-order valence-electron chi connectivity index (χ4n) is 5.08. The fraction of sp³-hybridized carbons (Fsp3) is 0.609. The van der Waals surface area contributed by atoms with Crippen molar-refractivity contribution in [3.05, 3.63) is 24.5 Å². The van der Waals surface area contributed by atoms with E-state index in [1.165, 1.54) is 25.7 Å². The summed E-state index contributed by atoms with van der Waals surface area (Å²) >= 11 is 0. The van der Waals surface area contributed by atoms with E-state index in [1.807, 2.05) is 18.2 Å². The number of nitrogens with zero attached hydrogens (tertiary/aromatic N) is 4. The molecule has 1 saturated heterocycles. The lowest BCUT2D eigenvalue weighted by Gasteiger charge is -2.43. The summed E-state index contributed by atoms with van der Waals surface area (Å²) in [5, 5.41) is 13.2. The maximum atomic E-state index is 8.49. The summed E-state index contributed by atoms with van der Waals surface area (Å²) in [5.74, 6) is 1.78. The van der Waals surface area contributed by atoms with Gasteiger partial charge in [0.25, 0.3) is 0 Å². The normalized spacial score (nSPS) is 26.5. The number of hydrogen-bond acceptors (Lipinski definition) is 6. The summed E-state index contributed by atoms with van der Waals surface area (Å²) in [6.45, 7) is 6.46. The molecular formula is C23H33N7. The minimum Gasteiger partial charge on any atom is -0.399 e. The average Bonchev–Trinajstić information content (AvgIpc) is 3.53. The molecule has 7 heteroatoms. The molecule has 1 aliphatic heterocycles. The summed E-state index contributed by atoms with van der Waals surface area (Å²) in [6, 6.07) is 6.93. The highest BCUT2D eigenvalue weighted by molar-refractivity contribution is 5.91. The van der Waals surface area contributed by atoms with Gasteiger partial charge in [-0.2, -0.15) is 0 Å². The molecule has 2 aromatic rings. The molecule has 0 atom stereocenters. The first kappa shape index (κ1) is 19.5. The lowest BCUT2D eigenvalue weighted by atomic mass is 9.89. The quantitative estimate of drug-likeness (QED) is 0.409. The summed E-state index contributed by atoms with van der Waals surface area (Å²) in [7, 11) is 0. The first-order chi connectivity index (χ1) is 14.5. The number of hydrogen-bond donors (Lipinski definition) is 3. The van der Waals surface area contributed by atoms with Crippen LogP contribution in [0.3, 0.4) is 0 Å². The molecule has 0 spiro atoms. The van der Waals surface area contributed by atoms with Gasteiger partial charge < -0.3 is 16.0 Å². The van der Waals surface area contributed by atoms with Crippen LogP contribution in [0.5, 0.6) is 0 Å². The van der Waals surface area contributed by atoms with Crippen LogP contribution >= 0.6 is 0 Å². The molecule has 2 aliphatic carbocycles. The smallest absolute Gasteiger partial charge is 0.137 e. The third-order valence-electron chi connectivity index (χ3n) is 7.42. The predicted molar refractivity (Wildman–Crippen MR) is 122 cm³/mol. The van der Waals surface area contributed by atoms with Crippen molar-refractivity contribution in [1.29, 1.82) is 5.41 Å². The summed E-state index contributed by atoms with van der Waals surface area (Å²) in [5.41, 5.74) is 7.83. The Bertz CT molecular complexity index is 922. The van der Waals surface area contributed by atoms with Gasteiger partial charge in [0.1, 0.15) is 18.0 Å². The van der Waals surface area contributed by atoms with E-state index in [-0.39, 0.29) is 5.41 Å². The van der Waals surface area contributed by atoms with Gasteiger partial charge in [-0.1, -0.05) is 6.92 Å². The van der Waals surface area contributed by atoms with Gasteiger partial charge in [0.05, 0.1) is 5.52 Å². The SMILES string of the molecule is CC1(C(=N)N2CCN(C3CCC(Nc4ncnc5ccc(N)cc45)CC3)CC2)CC1. The minimum atomic E-state index is 0.182. The number of piperazine rings is 1. The van der Waals surface area contributed by atoms with Gasteiger partial charge in [0.2, 0.25) is 0 Å². The van der Waals surface area contributed by atoms with Crippen molar-refractivity contribution in [1.82, 2.24) is 19.8 Å². The zero-order chi connectivity index (χ0) is 20.7. The van der Waals surface area contributed by atoms with Crippen LogP contribution in [0, 0.1) is 10.8 Å². The Morgan fingerprint density at radius 1 is 1.10 bits per heavy atom. The molecule has 0 bridgehead atoms. The van der Waals surface area contributed by atoms with Crippen LogP contribution in [0.15, 0.2) is 24.5 Å². The van der Waals surface area contributed by atoms with Crippen molar-refractivity contribution in [2.24, 2.45) is 5.41 Å². The molecule has 1 aromatic heterocycles. The highest BCUT2D eigenvalue weighted by atomic mass is 15.3. The summed E-state index contributed by atoms with van der Waals surface area (Å²) < 4.78 is 0. The fourth-order valence-corrected chi connectivity index (χ4v) is 5.08. The molecular weight excluding hydrogens is 374 g/mol. The van der Waals surface area contributed by atoms with Crippen LogP contribution in [0.4, 0.5) is 11.5 Å². The predicted octanol–water partition coefficient (Wildman–Crippen LogP) is 3.33. The van der Waals surface area contributed by atoms with Crippen LogP contribution in [-0.2, 0) is 0 Å². The van der Waals surface area contributed by atoms with Crippen molar-refractivity contribution in [3.63, 3.8) is 0 Å². The Hall–Kier alpha value is -2.41. The van der Waals surface area contributed by atoms with E-state index in [9.17, 15) is 0 Å². The zero-order valence-electron chi connectivity index (χ0n) is 17.9. The number of nitrogens with two attached hydrogens (primary N) is 1. The van der Waals surface area contributed by atoms with Crippen molar-refractivity contribution in [2.45, 2.75) is 57.5 Å². The van der Waals surface area contributed by atoms with Gasteiger partial charge in [-0.05, 0) is 56.7 Å². The number of amidine groups is 1. The Morgan fingerprint density at radius 3 is 2.53 bits per heavy atom. The molecule has 0 radical (unpaired) electrons. The summed E-state index contributed by atoms with van der Waals surface area (Å²) in [6.07, 6.45) is 8.77. The molecule has 2 heterocycles. The third-order valence-corrected chi connectivity index (χ3v) is 7.42. The molecule has 0 unspecified atom stereocenters. The molecule has 30 heavy (non-hydrogen) atoms. The molecule has 4 N–H and O–H groups in total. The topological polar surface area (TPSA) is 94.2 Å². The minimum absolute atomic E-state index is 0.182. The molecule has 0 amide bonds. The van der Waals surface area contributed by atoms with Gasteiger partial charge in [-0.25, -0.2) is 9.97 Å². The van der Waals surface area contributed by atoms with E-state index in [2.05, 4.69) is 32.0 Å². The molecule has 3 aliphatic rings. The first-order valence-electron chi connectivity index (χ1n) is 11.4. The second-order valence-electron chi connectivity index (χ2n) is 9.58. The van der Waals surface area contributed by atoms with Gasteiger partial charge in [-0.15, -0.1) is 0 Å². The van der Waals surface area contributed by atoms with Crippen molar-refractivity contribution in [3.8, 4) is 0 Å². The number of nitrogens with one attached hydrogen (secondary N) is 2. The Labute approximate surface area is 178 Å². The van der Waals surface area contributed by atoms with E-state index in [0.717, 1.165) is 67.3 Å². The lowest BCUT2D eigenvalue weighted by Crippen LogP contribution is -2.54. The average molecular weight is 408 g/mol. The molecule has 5 rings (SSSR count). The number of aromatic nitrogens is 2. The molecule has 1 aromatic carbocycles. The monoisotopic (exact) mass is 407 g/mol. The van der Waals surface area contributed by atoms with E-state index < -0.39 is 0 Å². The van der Waals surface area contributed by atoms with Gasteiger partial charge in [0.15, 0.2) is 0 Å². The number of fused-ring (bicyclic) bond motifs is 1. The van der Waals surface area contributed by atoms with Crippen molar-refractivity contribution >= 4 is 28.2 Å². The van der Waals surface area contributed by atoms with E-state index >= 15 is 0 Å². The largest absolute Gasteiger partial charge is 0.399 e. The van der Waals surface area contributed by atoms with Gasteiger partial charge in [0, 0.05) is 54.8 Å². The Morgan fingerprint density at radius 2 is 1.83 bits per heavy atom. The number of nitrogen functional groups attached to an aromatic ring is 1. The third kappa shape index (κ3) is 3.83. The molecule has 3 fully saturated rings. The van der Waals surface area contributed by atoms with Gasteiger partial charge in [-0.3, -0.25) is 10.3 Å². The summed E-state index contributed by atoms with van der Waals surface area (Å²) in [4.78, 5) is 13.8. The van der Waals surface area contributed by atoms with Crippen LogP contribution < -0.4 is 11.1 Å². The van der Waals surface area contributed by atoms with Crippen LogP contribution in [-0.4, -0.2) is 63.9 Å². The van der Waals surface area contributed by atoms with Crippen LogP contribution in [0.1, 0.15) is 45.4 Å². The molecule has 7 nitrogen and oxygen atoms in total. The van der Waals surface area contributed by atoms with Crippen LogP contribution in [0.25, 0.3) is 10.9 Å². The zero-order valence-corrected chi connectivity index (χ0v) is 17.9. The standard InChI is InChI=1S/C23H33N7/c1-23(8-9-23)22(25)30-12-10-29(11-13-30)18-5-3-17(4-6-18)28-21-19-14-16(24)2-7-20(19)26-15-27-21/h2,7,14-15,17-18,25H,3-6,8-13,24H2,1H3,(H,26,27,28). The highest BCUT2D eigenvalue weighted by Crippen LogP contribution is 2.46. The Balaban J connectivity index is 1.14. The lowest BCUT2D eigenvalue weighted by molar-refractivity contribution is 0.102. The number of rotatable bonds is 4. The van der Waals surface area contributed by atoms with Crippen LogP contribution in [0.2, 0.25) is 0 Å². The second kappa shape index (κ2) is 7.69. The maximum absolute atomic E-state index is 8.49. The van der Waals surface area contributed by atoms with Crippen molar-refractivity contribution in [2.75, 3.05) is 37.2 Å². The first-order valence-corrected chi connectivity index (χ1v) is 11.4. The number of anilines is 2. The van der Waals surface area contributed by atoms with E-state index in [0.29, 0.717) is 12.1 Å². The van der Waals surface area contributed by atoms with Gasteiger partial charge >= 0.3 is 0 Å².